The van der Waals surface area contributed by atoms with Gasteiger partial charge in [-0.25, -0.2) is 17.5 Å². The molecule has 4 nitrogen and oxygen atoms in total. The van der Waals surface area contributed by atoms with Gasteiger partial charge in [0.05, 0.1) is 5.25 Å². The molecule has 1 aliphatic rings. The minimum absolute atomic E-state index is 0.236. The monoisotopic (exact) mass is 300 g/mol. The lowest BCUT2D eigenvalue weighted by atomic mass is 10.1. The SMILES string of the molecule is CCNS(=O)(=O)C1CCN(Cc2ccc(F)cc2C)C1. The molecule has 1 unspecified atom stereocenters. The molecule has 1 aliphatic heterocycles. The van der Waals surface area contributed by atoms with E-state index in [1.54, 1.807) is 13.0 Å². The van der Waals surface area contributed by atoms with Crippen LogP contribution in [0.4, 0.5) is 4.39 Å². The highest BCUT2D eigenvalue weighted by Gasteiger charge is 2.32. The van der Waals surface area contributed by atoms with Crippen LogP contribution in [0.25, 0.3) is 0 Å². The van der Waals surface area contributed by atoms with E-state index in [1.165, 1.54) is 12.1 Å². The van der Waals surface area contributed by atoms with Crippen molar-refractivity contribution in [1.82, 2.24) is 9.62 Å². The number of hydrogen-bond acceptors (Lipinski definition) is 3. The van der Waals surface area contributed by atoms with E-state index in [-0.39, 0.29) is 11.1 Å². The van der Waals surface area contributed by atoms with Gasteiger partial charge in [-0.05, 0) is 43.1 Å². The van der Waals surface area contributed by atoms with E-state index in [1.807, 2.05) is 6.92 Å². The Balaban J connectivity index is 2.00. The van der Waals surface area contributed by atoms with E-state index in [0.717, 1.165) is 17.7 Å². The van der Waals surface area contributed by atoms with Crippen LogP contribution < -0.4 is 4.72 Å². The quantitative estimate of drug-likeness (QED) is 0.899. The van der Waals surface area contributed by atoms with Crippen LogP contribution in [0.5, 0.6) is 0 Å². The topological polar surface area (TPSA) is 49.4 Å². The second-order valence-corrected chi connectivity index (χ2v) is 7.30. The van der Waals surface area contributed by atoms with E-state index in [2.05, 4.69) is 9.62 Å². The zero-order valence-corrected chi connectivity index (χ0v) is 12.7. The summed E-state index contributed by atoms with van der Waals surface area (Å²) in [6, 6.07) is 4.74. The standard InChI is InChI=1S/C14H21FN2O2S/c1-3-16-20(18,19)14-6-7-17(10-14)9-12-4-5-13(15)8-11(12)2/h4-5,8,14,16H,3,6-7,9-10H2,1-2H3. The number of benzene rings is 1. The zero-order valence-electron chi connectivity index (χ0n) is 11.9. The first-order valence-corrected chi connectivity index (χ1v) is 8.43. The fourth-order valence-electron chi connectivity index (χ4n) is 2.59. The van der Waals surface area contributed by atoms with Crippen LogP contribution in [-0.4, -0.2) is 38.2 Å². The Morgan fingerprint density at radius 2 is 2.20 bits per heavy atom. The highest BCUT2D eigenvalue weighted by Crippen LogP contribution is 2.20. The van der Waals surface area contributed by atoms with Gasteiger partial charge >= 0.3 is 0 Å². The number of sulfonamides is 1. The van der Waals surface area contributed by atoms with Crippen LogP contribution in [-0.2, 0) is 16.6 Å². The van der Waals surface area contributed by atoms with Crippen LogP contribution in [0.15, 0.2) is 18.2 Å². The molecule has 0 amide bonds. The van der Waals surface area contributed by atoms with Crippen molar-refractivity contribution in [1.29, 1.82) is 0 Å². The first kappa shape index (κ1) is 15.4. The Morgan fingerprint density at radius 3 is 2.85 bits per heavy atom. The van der Waals surface area contributed by atoms with Gasteiger partial charge < -0.3 is 0 Å². The van der Waals surface area contributed by atoms with Crippen LogP contribution in [0.3, 0.4) is 0 Å². The van der Waals surface area contributed by atoms with Crippen molar-refractivity contribution in [2.45, 2.75) is 32.1 Å². The van der Waals surface area contributed by atoms with Gasteiger partial charge in [0.1, 0.15) is 5.82 Å². The summed E-state index contributed by atoms with van der Waals surface area (Å²) in [7, 11) is -3.20. The maximum Gasteiger partial charge on any atom is 0.215 e. The van der Waals surface area contributed by atoms with Gasteiger partial charge in [0.15, 0.2) is 0 Å². The smallest absolute Gasteiger partial charge is 0.215 e. The summed E-state index contributed by atoms with van der Waals surface area (Å²) in [5.41, 5.74) is 1.95. The number of halogens is 1. The van der Waals surface area contributed by atoms with E-state index < -0.39 is 10.0 Å². The van der Waals surface area contributed by atoms with Gasteiger partial charge in [-0.1, -0.05) is 13.0 Å². The summed E-state index contributed by atoms with van der Waals surface area (Å²) in [4.78, 5) is 2.11. The molecule has 1 fully saturated rings. The highest BCUT2D eigenvalue weighted by atomic mass is 32.2. The van der Waals surface area contributed by atoms with E-state index in [4.69, 9.17) is 0 Å². The lowest BCUT2D eigenvalue weighted by Crippen LogP contribution is -2.36. The number of rotatable bonds is 5. The first-order chi connectivity index (χ1) is 9.42. The molecule has 1 heterocycles. The molecule has 20 heavy (non-hydrogen) atoms. The van der Waals surface area contributed by atoms with Crippen molar-refractivity contribution in [3.63, 3.8) is 0 Å². The van der Waals surface area contributed by atoms with Gasteiger partial charge in [0.2, 0.25) is 10.0 Å². The molecule has 1 aromatic carbocycles. The third-order valence-corrected chi connectivity index (χ3v) is 5.67. The third-order valence-electron chi connectivity index (χ3n) is 3.71. The van der Waals surface area contributed by atoms with Crippen molar-refractivity contribution < 1.29 is 12.8 Å². The largest absolute Gasteiger partial charge is 0.298 e. The Kier molecular flexibility index (Phi) is 4.78. The summed E-state index contributed by atoms with van der Waals surface area (Å²) >= 11 is 0. The minimum atomic E-state index is -3.20. The lowest BCUT2D eigenvalue weighted by molar-refractivity contribution is 0.330. The number of nitrogens with zero attached hydrogens (tertiary/aromatic N) is 1. The van der Waals surface area contributed by atoms with Crippen molar-refractivity contribution in [3.05, 3.63) is 35.1 Å². The number of nitrogens with one attached hydrogen (secondary N) is 1. The first-order valence-electron chi connectivity index (χ1n) is 6.88. The lowest BCUT2D eigenvalue weighted by Gasteiger charge is -2.17. The van der Waals surface area contributed by atoms with Gasteiger partial charge in [-0.15, -0.1) is 0 Å². The van der Waals surface area contributed by atoms with Crippen LogP contribution in [0.1, 0.15) is 24.5 Å². The molecule has 1 saturated heterocycles. The Labute approximate surface area is 120 Å². The van der Waals surface area contributed by atoms with E-state index in [9.17, 15) is 12.8 Å². The van der Waals surface area contributed by atoms with Crippen LogP contribution in [0, 0.1) is 12.7 Å². The van der Waals surface area contributed by atoms with Gasteiger partial charge in [-0.3, -0.25) is 4.90 Å². The molecule has 6 heteroatoms. The van der Waals surface area contributed by atoms with Crippen molar-refractivity contribution in [3.8, 4) is 0 Å². The fraction of sp³-hybridized carbons (Fsp3) is 0.571. The molecule has 0 aromatic heterocycles. The second kappa shape index (κ2) is 6.20. The molecule has 1 aromatic rings. The molecular weight excluding hydrogens is 279 g/mol. The van der Waals surface area contributed by atoms with Gasteiger partial charge in [0.25, 0.3) is 0 Å². The summed E-state index contributed by atoms with van der Waals surface area (Å²) in [5.74, 6) is -0.236. The molecule has 2 rings (SSSR count). The summed E-state index contributed by atoms with van der Waals surface area (Å²) in [6.07, 6.45) is 0.648. The van der Waals surface area contributed by atoms with E-state index in [0.29, 0.717) is 26.1 Å². The number of aryl methyl sites for hydroxylation is 1. The summed E-state index contributed by atoms with van der Waals surface area (Å²) < 4.78 is 39.5. The molecule has 112 valence electrons. The summed E-state index contributed by atoms with van der Waals surface area (Å²) in [5, 5.41) is -0.344. The van der Waals surface area contributed by atoms with E-state index >= 15 is 0 Å². The van der Waals surface area contributed by atoms with Gasteiger partial charge in [0, 0.05) is 19.6 Å². The zero-order chi connectivity index (χ0) is 14.8. The average Bonchev–Trinajstić information content (AvgIpc) is 2.82. The average molecular weight is 300 g/mol. The molecule has 1 N–H and O–H groups in total. The maximum absolute atomic E-state index is 13.1. The van der Waals surface area contributed by atoms with Crippen LogP contribution in [0.2, 0.25) is 0 Å². The summed E-state index contributed by atoms with van der Waals surface area (Å²) in [6.45, 7) is 6.05. The molecule has 0 radical (unpaired) electrons. The number of hydrogen-bond donors (Lipinski definition) is 1. The highest BCUT2D eigenvalue weighted by molar-refractivity contribution is 7.90. The Morgan fingerprint density at radius 1 is 1.45 bits per heavy atom. The van der Waals surface area contributed by atoms with Crippen LogP contribution >= 0.6 is 0 Å². The van der Waals surface area contributed by atoms with Crippen molar-refractivity contribution >= 4 is 10.0 Å². The predicted molar refractivity (Wildman–Crippen MR) is 77.4 cm³/mol. The Hall–Kier alpha value is -0.980. The van der Waals surface area contributed by atoms with Crippen molar-refractivity contribution in [2.24, 2.45) is 0 Å². The Bertz CT molecular complexity index is 575. The molecule has 0 aliphatic carbocycles. The van der Waals surface area contributed by atoms with Crippen molar-refractivity contribution in [2.75, 3.05) is 19.6 Å². The predicted octanol–water partition coefficient (Wildman–Crippen LogP) is 1.65. The minimum Gasteiger partial charge on any atom is -0.298 e. The molecule has 0 bridgehead atoms. The maximum atomic E-state index is 13.1. The normalized spacial score (nSPS) is 20.4. The molecule has 1 atom stereocenters. The molecule has 0 spiro atoms. The third kappa shape index (κ3) is 3.56. The van der Waals surface area contributed by atoms with Gasteiger partial charge in [-0.2, -0.15) is 0 Å². The molecular formula is C14H21FN2O2S. The fourth-order valence-corrected chi connectivity index (χ4v) is 4.05. The number of likely N-dealkylation sites (tertiary alicyclic amines) is 1. The second-order valence-electron chi connectivity index (χ2n) is 5.26. The molecule has 0 saturated carbocycles.